The lowest BCUT2D eigenvalue weighted by molar-refractivity contribution is 0.208. The molecule has 1 aliphatic heterocycles. The van der Waals surface area contributed by atoms with Gasteiger partial charge in [0.25, 0.3) is 0 Å². The van der Waals surface area contributed by atoms with Crippen molar-refractivity contribution >= 4 is 24.0 Å². The van der Waals surface area contributed by atoms with Crippen molar-refractivity contribution in [3.8, 4) is 5.88 Å². The molecule has 2 rings (SSSR count). The van der Waals surface area contributed by atoms with Gasteiger partial charge in [0.15, 0.2) is 0 Å². The number of ether oxygens (including phenoxy) is 1. The molecule has 90 valence electrons. The fourth-order valence-electron chi connectivity index (χ4n) is 1.65. The monoisotopic (exact) mass is 263 g/mol. The van der Waals surface area contributed by atoms with E-state index in [1.165, 1.54) is 19.2 Å². The average molecular weight is 264 g/mol. The maximum atomic E-state index is 5.73. The van der Waals surface area contributed by atoms with Gasteiger partial charge in [-0.15, -0.1) is 12.4 Å². The molecule has 0 atom stereocenters. The molecular formula is C10H15Cl2N3O. The minimum Gasteiger partial charge on any atom is -0.477 e. The molecule has 0 radical (unpaired) electrons. The van der Waals surface area contributed by atoms with Crippen LogP contribution in [0.5, 0.6) is 5.88 Å². The lowest BCUT2D eigenvalue weighted by Crippen LogP contribution is -2.30. The summed E-state index contributed by atoms with van der Waals surface area (Å²) >= 11 is 5.73. The fourth-order valence-corrected chi connectivity index (χ4v) is 1.78. The van der Waals surface area contributed by atoms with Crippen LogP contribution < -0.4 is 10.1 Å². The number of halogens is 2. The van der Waals surface area contributed by atoms with Gasteiger partial charge < -0.3 is 10.1 Å². The zero-order valence-corrected chi connectivity index (χ0v) is 10.4. The van der Waals surface area contributed by atoms with Crippen molar-refractivity contribution < 1.29 is 4.74 Å². The summed E-state index contributed by atoms with van der Waals surface area (Å²) in [5.41, 5.74) is 0. The topological polar surface area (TPSA) is 47.0 Å². The SMILES string of the molecule is Cl.Clc1cc(OCC2CCNCC2)ncn1. The van der Waals surface area contributed by atoms with Gasteiger partial charge in [-0.3, -0.25) is 0 Å². The Kier molecular flexibility index (Phi) is 5.80. The van der Waals surface area contributed by atoms with E-state index in [-0.39, 0.29) is 12.4 Å². The Labute approximate surface area is 106 Å². The van der Waals surface area contributed by atoms with Gasteiger partial charge in [-0.05, 0) is 31.8 Å². The first-order chi connectivity index (χ1) is 7.34. The van der Waals surface area contributed by atoms with E-state index in [0.29, 0.717) is 17.0 Å². The first-order valence-corrected chi connectivity index (χ1v) is 5.53. The van der Waals surface area contributed by atoms with Crippen LogP contribution in [0.15, 0.2) is 12.4 Å². The van der Waals surface area contributed by atoms with Gasteiger partial charge in [0, 0.05) is 6.07 Å². The summed E-state index contributed by atoms with van der Waals surface area (Å²) < 4.78 is 5.56. The van der Waals surface area contributed by atoms with Gasteiger partial charge in [0.05, 0.1) is 6.61 Å². The van der Waals surface area contributed by atoms with E-state index < -0.39 is 0 Å². The molecule has 1 aromatic rings. The van der Waals surface area contributed by atoms with Crippen molar-refractivity contribution in [2.24, 2.45) is 5.92 Å². The molecule has 2 heterocycles. The highest BCUT2D eigenvalue weighted by molar-refractivity contribution is 6.29. The zero-order chi connectivity index (χ0) is 10.5. The summed E-state index contributed by atoms with van der Waals surface area (Å²) in [7, 11) is 0. The predicted octanol–water partition coefficient (Wildman–Crippen LogP) is 1.93. The van der Waals surface area contributed by atoms with E-state index in [4.69, 9.17) is 16.3 Å². The highest BCUT2D eigenvalue weighted by atomic mass is 35.5. The molecule has 1 N–H and O–H groups in total. The number of aromatic nitrogens is 2. The summed E-state index contributed by atoms with van der Waals surface area (Å²) in [5, 5.41) is 3.74. The first-order valence-electron chi connectivity index (χ1n) is 5.15. The Hall–Kier alpha value is -0.580. The number of hydrogen-bond acceptors (Lipinski definition) is 4. The summed E-state index contributed by atoms with van der Waals surface area (Å²) in [4.78, 5) is 7.79. The lowest BCUT2D eigenvalue weighted by atomic mass is 9.99. The van der Waals surface area contributed by atoms with E-state index in [1.54, 1.807) is 6.07 Å². The Balaban J connectivity index is 0.00000128. The van der Waals surface area contributed by atoms with Crippen molar-refractivity contribution in [1.29, 1.82) is 0 Å². The quantitative estimate of drug-likeness (QED) is 0.847. The molecule has 0 unspecified atom stereocenters. The normalized spacial score (nSPS) is 16.6. The van der Waals surface area contributed by atoms with E-state index in [0.717, 1.165) is 19.7 Å². The second kappa shape index (κ2) is 6.89. The van der Waals surface area contributed by atoms with Crippen molar-refractivity contribution in [2.45, 2.75) is 12.8 Å². The minimum absolute atomic E-state index is 0. The molecule has 0 spiro atoms. The molecule has 1 aromatic heterocycles. The molecule has 0 bridgehead atoms. The fraction of sp³-hybridized carbons (Fsp3) is 0.600. The lowest BCUT2D eigenvalue weighted by Gasteiger charge is -2.22. The molecule has 6 heteroatoms. The van der Waals surface area contributed by atoms with Crippen LogP contribution in [0.3, 0.4) is 0 Å². The maximum absolute atomic E-state index is 5.73. The van der Waals surface area contributed by atoms with Crippen molar-refractivity contribution in [2.75, 3.05) is 19.7 Å². The molecule has 0 saturated carbocycles. The molecule has 0 amide bonds. The van der Waals surface area contributed by atoms with Crippen molar-refractivity contribution in [3.63, 3.8) is 0 Å². The summed E-state index contributed by atoms with van der Waals surface area (Å²) in [6, 6.07) is 1.64. The smallest absolute Gasteiger partial charge is 0.217 e. The average Bonchev–Trinajstić information content (AvgIpc) is 2.28. The number of hydrogen-bond donors (Lipinski definition) is 1. The van der Waals surface area contributed by atoms with Gasteiger partial charge in [-0.25, -0.2) is 9.97 Å². The second-order valence-electron chi connectivity index (χ2n) is 3.68. The van der Waals surface area contributed by atoms with Crippen LogP contribution in [0.2, 0.25) is 5.15 Å². The first kappa shape index (κ1) is 13.5. The third-order valence-corrected chi connectivity index (χ3v) is 2.74. The minimum atomic E-state index is 0. The van der Waals surface area contributed by atoms with Gasteiger partial charge in [0.2, 0.25) is 5.88 Å². The summed E-state index contributed by atoms with van der Waals surface area (Å²) in [6.07, 6.45) is 3.75. The van der Waals surface area contributed by atoms with E-state index in [1.807, 2.05) is 0 Å². The van der Waals surface area contributed by atoms with Crippen LogP contribution in [0.1, 0.15) is 12.8 Å². The summed E-state index contributed by atoms with van der Waals surface area (Å²) in [5.74, 6) is 1.19. The highest BCUT2D eigenvalue weighted by Crippen LogP contribution is 2.15. The molecule has 1 fully saturated rings. The Bertz CT molecular complexity index is 319. The van der Waals surface area contributed by atoms with Crippen LogP contribution in [-0.4, -0.2) is 29.7 Å². The van der Waals surface area contributed by atoms with Crippen LogP contribution in [0.25, 0.3) is 0 Å². The molecule has 0 aliphatic carbocycles. The van der Waals surface area contributed by atoms with E-state index >= 15 is 0 Å². The Morgan fingerprint density at radius 1 is 1.38 bits per heavy atom. The number of nitrogens with one attached hydrogen (secondary N) is 1. The Morgan fingerprint density at radius 2 is 2.12 bits per heavy atom. The van der Waals surface area contributed by atoms with Crippen LogP contribution in [0, 0.1) is 5.92 Å². The van der Waals surface area contributed by atoms with Gasteiger partial charge >= 0.3 is 0 Å². The largest absolute Gasteiger partial charge is 0.477 e. The van der Waals surface area contributed by atoms with Gasteiger partial charge in [0.1, 0.15) is 11.5 Å². The molecule has 1 aliphatic rings. The third-order valence-electron chi connectivity index (χ3n) is 2.53. The van der Waals surface area contributed by atoms with Crippen molar-refractivity contribution in [3.05, 3.63) is 17.5 Å². The van der Waals surface area contributed by atoms with Gasteiger partial charge in [-0.1, -0.05) is 11.6 Å². The zero-order valence-electron chi connectivity index (χ0n) is 8.86. The molecule has 16 heavy (non-hydrogen) atoms. The number of nitrogens with zero attached hydrogens (tertiary/aromatic N) is 2. The maximum Gasteiger partial charge on any atom is 0.217 e. The molecule has 0 aromatic carbocycles. The standard InChI is InChI=1S/C10H14ClN3O.ClH/c11-9-5-10(14-7-13-9)15-6-8-1-3-12-4-2-8;/h5,7-8,12H,1-4,6H2;1H. The molecule has 1 saturated heterocycles. The summed E-state index contributed by atoms with van der Waals surface area (Å²) in [6.45, 7) is 2.88. The van der Waals surface area contributed by atoms with E-state index in [9.17, 15) is 0 Å². The second-order valence-corrected chi connectivity index (χ2v) is 4.07. The van der Waals surface area contributed by atoms with Crippen LogP contribution in [0.4, 0.5) is 0 Å². The third kappa shape index (κ3) is 4.12. The Morgan fingerprint density at radius 3 is 2.81 bits per heavy atom. The number of piperidine rings is 1. The molecular weight excluding hydrogens is 249 g/mol. The number of rotatable bonds is 3. The predicted molar refractivity (Wildman–Crippen MR) is 65.4 cm³/mol. The highest BCUT2D eigenvalue weighted by Gasteiger charge is 2.13. The molecule has 4 nitrogen and oxygen atoms in total. The van der Waals surface area contributed by atoms with Gasteiger partial charge in [-0.2, -0.15) is 0 Å². The van der Waals surface area contributed by atoms with Crippen LogP contribution in [-0.2, 0) is 0 Å². The van der Waals surface area contributed by atoms with Crippen molar-refractivity contribution in [1.82, 2.24) is 15.3 Å². The van der Waals surface area contributed by atoms with E-state index in [2.05, 4.69) is 15.3 Å². The van der Waals surface area contributed by atoms with Crippen LogP contribution >= 0.6 is 24.0 Å².